The minimum atomic E-state index is -0.439. The minimum Gasteiger partial charge on any atom is -0.374 e. The molecule has 0 radical (unpaired) electrons. The summed E-state index contributed by atoms with van der Waals surface area (Å²) in [7, 11) is 0. The molecule has 0 aliphatic carbocycles. The van der Waals surface area contributed by atoms with Gasteiger partial charge in [0.2, 0.25) is 5.91 Å². The first-order valence-electron chi connectivity index (χ1n) is 6.08. The maximum Gasteiger partial charge on any atom is 0.243 e. The summed E-state index contributed by atoms with van der Waals surface area (Å²) in [4.78, 5) is 11.8. The van der Waals surface area contributed by atoms with E-state index in [9.17, 15) is 9.18 Å². The zero-order valence-corrected chi connectivity index (χ0v) is 11.6. The molecule has 0 saturated carbocycles. The molecular formula is C15H11ClFN3O. The standard InChI is InChI=1S/C15H11ClFN3O/c16-11-6-5-10(8-18)14(7-11)20-15(21)9-19-13-4-2-1-3-12(13)17/h1-7,19H,9H2,(H,20,21). The number of nitriles is 1. The Morgan fingerprint density at radius 1 is 1.24 bits per heavy atom. The van der Waals surface area contributed by atoms with Crippen molar-refractivity contribution in [2.24, 2.45) is 0 Å². The lowest BCUT2D eigenvalue weighted by molar-refractivity contribution is -0.114. The second kappa shape index (κ2) is 6.73. The number of amides is 1. The Morgan fingerprint density at radius 3 is 2.71 bits per heavy atom. The van der Waals surface area contributed by atoms with Crippen LogP contribution in [0.1, 0.15) is 5.56 Å². The van der Waals surface area contributed by atoms with Crippen LogP contribution in [-0.2, 0) is 4.79 Å². The van der Waals surface area contributed by atoms with Gasteiger partial charge in [0.1, 0.15) is 11.9 Å². The lowest BCUT2D eigenvalue weighted by atomic mass is 10.2. The molecule has 4 nitrogen and oxygen atoms in total. The highest BCUT2D eigenvalue weighted by Crippen LogP contribution is 2.20. The van der Waals surface area contributed by atoms with Crippen molar-refractivity contribution in [3.05, 3.63) is 58.9 Å². The molecular weight excluding hydrogens is 293 g/mol. The van der Waals surface area contributed by atoms with Crippen LogP contribution in [-0.4, -0.2) is 12.5 Å². The van der Waals surface area contributed by atoms with Crippen molar-refractivity contribution in [3.8, 4) is 6.07 Å². The Labute approximate surface area is 126 Å². The van der Waals surface area contributed by atoms with Crippen molar-refractivity contribution in [2.75, 3.05) is 17.2 Å². The van der Waals surface area contributed by atoms with E-state index in [0.717, 1.165) is 0 Å². The number of hydrogen-bond acceptors (Lipinski definition) is 3. The molecule has 0 aromatic heterocycles. The summed E-state index contributed by atoms with van der Waals surface area (Å²) in [6, 6.07) is 12.6. The fraction of sp³-hybridized carbons (Fsp3) is 0.0667. The highest BCUT2D eigenvalue weighted by atomic mass is 35.5. The molecule has 2 aromatic carbocycles. The third-order valence-electron chi connectivity index (χ3n) is 2.69. The van der Waals surface area contributed by atoms with Crippen molar-refractivity contribution in [1.82, 2.24) is 0 Å². The molecule has 0 saturated heterocycles. The molecule has 6 heteroatoms. The third kappa shape index (κ3) is 3.94. The molecule has 21 heavy (non-hydrogen) atoms. The Hall–Kier alpha value is -2.58. The molecule has 2 aromatic rings. The van der Waals surface area contributed by atoms with Crippen molar-refractivity contribution >= 4 is 28.9 Å². The number of halogens is 2. The van der Waals surface area contributed by atoms with Crippen molar-refractivity contribution in [3.63, 3.8) is 0 Å². The maximum absolute atomic E-state index is 13.4. The number of hydrogen-bond donors (Lipinski definition) is 2. The molecule has 0 fully saturated rings. The van der Waals surface area contributed by atoms with Crippen LogP contribution in [0.2, 0.25) is 5.02 Å². The van der Waals surface area contributed by atoms with Gasteiger partial charge in [-0.2, -0.15) is 5.26 Å². The number of nitrogens with one attached hydrogen (secondary N) is 2. The number of nitrogens with zero attached hydrogens (tertiary/aromatic N) is 1. The van der Waals surface area contributed by atoms with Crippen LogP contribution < -0.4 is 10.6 Å². The predicted octanol–water partition coefficient (Wildman–Crippen LogP) is 3.40. The van der Waals surface area contributed by atoms with E-state index in [4.69, 9.17) is 16.9 Å². The van der Waals surface area contributed by atoms with Crippen molar-refractivity contribution in [2.45, 2.75) is 0 Å². The van der Waals surface area contributed by atoms with E-state index in [-0.39, 0.29) is 12.2 Å². The van der Waals surface area contributed by atoms with Gasteiger partial charge in [-0.1, -0.05) is 23.7 Å². The molecule has 0 heterocycles. The zero-order chi connectivity index (χ0) is 15.2. The summed E-state index contributed by atoms with van der Waals surface area (Å²) in [5.74, 6) is -0.845. The van der Waals surface area contributed by atoms with Gasteiger partial charge in [0.25, 0.3) is 0 Å². The lowest BCUT2D eigenvalue weighted by Crippen LogP contribution is -2.22. The largest absolute Gasteiger partial charge is 0.374 e. The van der Waals surface area contributed by atoms with E-state index in [0.29, 0.717) is 16.3 Å². The lowest BCUT2D eigenvalue weighted by Gasteiger charge is -2.09. The quantitative estimate of drug-likeness (QED) is 0.910. The second-order valence-electron chi connectivity index (χ2n) is 4.18. The van der Waals surface area contributed by atoms with Gasteiger partial charge < -0.3 is 10.6 Å². The molecule has 0 bridgehead atoms. The van der Waals surface area contributed by atoms with Crippen molar-refractivity contribution < 1.29 is 9.18 Å². The van der Waals surface area contributed by atoms with Gasteiger partial charge in [-0.25, -0.2) is 4.39 Å². The number of benzene rings is 2. The molecule has 0 atom stereocenters. The first-order chi connectivity index (χ1) is 10.1. The normalized spacial score (nSPS) is 9.76. The Balaban J connectivity index is 2.01. The van der Waals surface area contributed by atoms with E-state index in [2.05, 4.69) is 10.6 Å². The highest BCUT2D eigenvalue weighted by molar-refractivity contribution is 6.31. The summed E-state index contributed by atoms with van der Waals surface area (Å²) in [5, 5.41) is 14.6. The van der Waals surface area contributed by atoms with E-state index in [1.54, 1.807) is 18.2 Å². The van der Waals surface area contributed by atoms with Crippen LogP contribution in [0.25, 0.3) is 0 Å². The number of rotatable bonds is 4. The Bertz CT molecular complexity index is 712. The number of carbonyl (C=O) groups excluding carboxylic acids is 1. The molecule has 106 valence electrons. The SMILES string of the molecule is N#Cc1ccc(Cl)cc1NC(=O)CNc1ccccc1F. The van der Waals surface area contributed by atoms with Gasteiger partial charge in [-0.05, 0) is 30.3 Å². The van der Waals surface area contributed by atoms with Gasteiger partial charge in [0, 0.05) is 5.02 Å². The number of para-hydroxylation sites is 1. The zero-order valence-electron chi connectivity index (χ0n) is 10.9. The fourth-order valence-electron chi connectivity index (χ4n) is 1.69. The smallest absolute Gasteiger partial charge is 0.243 e. The van der Waals surface area contributed by atoms with Crippen LogP contribution in [0.5, 0.6) is 0 Å². The summed E-state index contributed by atoms with van der Waals surface area (Å²) in [6.45, 7) is -0.127. The van der Waals surface area contributed by atoms with E-state index < -0.39 is 11.7 Å². The van der Waals surface area contributed by atoms with Crippen LogP contribution in [0.3, 0.4) is 0 Å². The summed E-state index contributed by atoms with van der Waals surface area (Å²) in [5.41, 5.74) is 0.864. The van der Waals surface area contributed by atoms with E-state index in [1.165, 1.54) is 24.3 Å². The monoisotopic (exact) mass is 303 g/mol. The second-order valence-corrected chi connectivity index (χ2v) is 4.62. The molecule has 0 aliphatic rings. The maximum atomic E-state index is 13.4. The average Bonchev–Trinajstić information content (AvgIpc) is 2.47. The molecule has 2 rings (SSSR count). The van der Waals surface area contributed by atoms with Crippen LogP contribution >= 0.6 is 11.6 Å². The molecule has 0 aliphatic heterocycles. The first-order valence-corrected chi connectivity index (χ1v) is 6.46. The molecule has 0 spiro atoms. The molecule has 2 N–H and O–H groups in total. The summed E-state index contributed by atoms with van der Waals surface area (Å²) in [6.07, 6.45) is 0. The van der Waals surface area contributed by atoms with E-state index >= 15 is 0 Å². The highest BCUT2D eigenvalue weighted by Gasteiger charge is 2.08. The van der Waals surface area contributed by atoms with Crippen LogP contribution in [0.15, 0.2) is 42.5 Å². The third-order valence-corrected chi connectivity index (χ3v) is 2.92. The molecule has 0 unspecified atom stereocenters. The fourth-order valence-corrected chi connectivity index (χ4v) is 1.86. The van der Waals surface area contributed by atoms with Gasteiger partial charge in [-0.15, -0.1) is 0 Å². The Kier molecular flexibility index (Phi) is 4.75. The first kappa shape index (κ1) is 14.8. The van der Waals surface area contributed by atoms with E-state index in [1.807, 2.05) is 6.07 Å². The summed E-state index contributed by atoms with van der Waals surface area (Å²) < 4.78 is 13.4. The van der Waals surface area contributed by atoms with Gasteiger partial charge in [0.05, 0.1) is 23.5 Å². The van der Waals surface area contributed by atoms with Gasteiger partial charge in [0.15, 0.2) is 0 Å². The number of anilines is 2. The van der Waals surface area contributed by atoms with Crippen molar-refractivity contribution in [1.29, 1.82) is 5.26 Å². The Morgan fingerprint density at radius 2 is 2.00 bits per heavy atom. The predicted molar refractivity (Wildman–Crippen MR) is 79.7 cm³/mol. The topological polar surface area (TPSA) is 64.9 Å². The minimum absolute atomic E-state index is 0.127. The average molecular weight is 304 g/mol. The summed E-state index contributed by atoms with van der Waals surface area (Å²) >= 11 is 5.83. The van der Waals surface area contributed by atoms with Gasteiger partial charge >= 0.3 is 0 Å². The molecule has 1 amide bonds. The van der Waals surface area contributed by atoms with Crippen LogP contribution in [0.4, 0.5) is 15.8 Å². The number of carbonyl (C=O) groups is 1. The van der Waals surface area contributed by atoms with Crippen LogP contribution in [0, 0.1) is 17.1 Å². The van der Waals surface area contributed by atoms with Gasteiger partial charge in [-0.3, -0.25) is 4.79 Å².